The minimum absolute atomic E-state index is 0.300. The second-order valence-electron chi connectivity index (χ2n) is 22.3. The van der Waals surface area contributed by atoms with Gasteiger partial charge in [0.05, 0.1) is 26.4 Å². The van der Waals surface area contributed by atoms with Gasteiger partial charge in [0, 0.05) is 24.7 Å². The number of aliphatic hydroxyl groups is 14. The van der Waals surface area contributed by atoms with Crippen molar-refractivity contribution in [3.05, 3.63) is 0 Å². The first-order chi connectivity index (χ1) is 38.8. The van der Waals surface area contributed by atoms with Crippen LogP contribution in [0.4, 0.5) is 0 Å². The summed E-state index contributed by atoms with van der Waals surface area (Å²) in [6, 6.07) is 0. The third-order valence-corrected chi connectivity index (χ3v) is 18.4. The van der Waals surface area contributed by atoms with Gasteiger partial charge in [0.2, 0.25) is 0 Å². The molecule has 0 saturated carbocycles. The molecule has 4 saturated heterocycles. The summed E-state index contributed by atoms with van der Waals surface area (Å²) in [5, 5.41) is 142. The van der Waals surface area contributed by atoms with E-state index in [-0.39, 0.29) is 0 Å². The van der Waals surface area contributed by atoms with Crippen molar-refractivity contribution < 1.29 is 109 Å². The molecular formula is C56H106O22S2. The van der Waals surface area contributed by atoms with Crippen molar-refractivity contribution in [3.8, 4) is 0 Å². The molecule has 4 aliphatic heterocycles. The fourth-order valence-electron chi connectivity index (χ4n) is 10.7. The van der Waals surface area contributed by atoms with Crippen molar-refractivity contribution in [2.24, 2.45) is 0 Å². The molecule has 0 aromatic heterocycles. The molecule has 0 amide bonds. The zero-order valence-corrected chi connectivity index (χ0v) is 49.0. The maximum atomic E-state index is 10.8. The SMILES string of the molecule is OC[C@H]1O[C@@H](O[C@@H]2[C@H](O)[C@@H](O)[C@H](OCCCCCCCCCCCCCCCCSSCCCCCCCCCCCCCCCCO[C@@H]3O[C@H](CO)[C@H](O[C@@H]4O[C@H](CO)[C@H](O)[C@H](O)[C@H]4O)[C@H](O)[C@H]3O)O[C@@H]2CO)[C@H](O)[C@@H](O)[C@H]1O. The van der Waals surface area contributed by atoms with Gasteiger partial charge >= 0.3 is 0 Å². The van der Waals surface area contributed by atoms with Crippen LogP contribution in [0.5, 0.6) is 0 Å². The molecule has 0 bridgehead atoms. The zero-order chi connectivity index (χ0) is 58.1. The third-order valence-electron chi connectivity index (χ3n) is 15.8. The van der Waals surface area contributed by atoms with Crippen molar-refractivity contribution in [3.63, 3.8) is 0 Å². The molecule has 80 heavy (non-hydrogen) atoms. The maximum Gasteiger partial charge on any atom is 0.187 e. The molecule has 4 aliphatic rings. The topological polar surface area (TPSA) is 357 Å². The predicted octanol–water partition coefficient (Wildman–Crippen LogP) is 2.57. The second kappa shape index (κ2) is 42.6. The molecule has 4 rings (SSSR count). The predicted molar refractivity (Wildman–Crippen MR) is 299 cm³/mol. The van der Waals surface area contributed by atoms with Crippen LogP contribution in [0.25, 0.3) is 0 Å². The summed E-state index contributed by atoms with van der Waals surface area (Å²) in [5.41, 5.74) is 0. The Morgan fingerprint density at radius 2 is 0.487 bits per heavy atom. The lowest BCUT2D eigenvalue weighted by Crippen LogP contribution is -2.64. The highest BCUT2D eigenvalue weighted by atomic mass is 33.1. The fraction of sp³-hybridized carbons (Fsp3) is 1.00. The third kappa shape index (κ3) is 25.3. The summed E-state index contributed by atoms with van der Waals surface area (Å²) in [4.78, 5) is 0. The zero-order valence-electron chi connectivity index (χ0n) is 47.3. The van der Waals surface area contributed by atoms with Crippen LogP contribution in [0, 0.1) is 0 Å². The molecular weight excluding hydrogens is 1090 g/mol. The van der Waals surface area contributed by atoms with Crippen LogP contribution in [0.3, 0.4) is 0 Å². The molecule has 22 nitrogen and oxygen atoms in total. The van der Waals surface area contributed by atoms with Crippen LogP contribution < -0.4 is 0 Å². The van der Waals surface area contributed by atoms with E-state index in [4.69, 9.17) is 37.9 Å². The Morgan fingerprint density at radius 3 is 0.762 bits per heavy atom. The lowest BCUT2D eigenvalue weighted by Gasteiger charge is -2.45. The molecule has 4 fully saturated rings. The average Bonchev–Trinajstić information content (AvgIpc) is 3.46. The monoisotopic (exact) mass is 1190 g/mol. The Balaban J connectivity index is 0.819. The Morgan fingerprint density at radius 1 is 0.250 bits per heavy atom. The van der Waals surface area contributed by atoms with Crippen molar-refractivity contribution in [2.75, 3.05) is 51.1 Å². The normalized spacial score (nSPS) is 35.0. The minimum Gasteiger partial charge on any atom is -0.394 e. The standard InChI is InChI=1S/C56H106O22S2/c57-33-37-41(61)43(63)47(67)55(73-37)77-51-39(35-59)75-53(49(69)45(51)65)71-29-25-21-17-13-9-5-1-3-7-11-15-19-23-27-31-79-80-32-28-24-20-16-12-8-4-2-6-10-14-18-22-26-30-72-54-50(70)46(66)52(40(36-60)76-54)78-56-48(68)44(64)42(62)38(34-58)74-56/h37-70H,1-36H2/t37-,38-,39-,40-,41+,42+,43+,44+,45-,46-,47-,48-,49-,50-,51+,52+,53-,54-,55+,56+/m1/s1. The van der Waals surface area contributed by atoms with Crippen molar-refractivity contribution in [1.82, 2.24) is 0 Å². The van der Waals surface area contributed by atoms with Crippen molar-refractivity contribution in [1.29, 1.82) is 0 Å². The van der Waals surface area contributed by atoms with Gasteiger partial charge in [0.1, 0.15) is 97.7 Å². The highest BCUT2D eigenvalue weighted by molar-refractivity contribution is 8.76. The Hall–Kier alpha value is -0.180. The van der Waals surface area contributed by atoms with Gasteiger partial charge in [0.25, 0.3) is 0 Å². The van der Waals surface area contributed by atoms with Gasteiger partial charge in [-0.1, -0.05) is 176 Å². The first-order valence-corrected chi connectivity index (χ1v) is 32.9. The van der Waals surface area contributed by atoms with Gasteiger partial charge in [0.15, 0.2) is 25.2 Å². The van der Waals surface area contributed by atoms with Gasteiger partial charge in [-0.25, -0.2) is 0 Å². The molecule has 4 heterocycles. The summed E-state index contributed by atoms with van der Waals surface area (Å²) < 4.78 is 44.7. The molecule has 474 valence electrons. The molecule has 0 unspecified atom stereocenters. The number of ether oxygens (including phenoxy) is 8. The second-order valence-corrected chi connectivity index (χ2v) is 25.0. The van der Waals surface area contributed by atoms with E-state index in [0.29, 0.717) is 13.2 Å². The Bertz CT molecular complexity index is 1390. The largest absolute Gasteiger partial charge is 0.394 e. The summed E-state index contributed by atoms with van der Waals surface area (Å²) in [6.45, 7) is -1.91. The highest BCUT2D eigenvalue weighted by Crippen LogP contribution is 2.32. The van der Waals surface area contributed by atoms with E-state index in [0.717, 1.165) is 51.4 Å². The van der Waals surface area contributed by atoms with E-state index in [1.54, 1.807) is 0 Å². The molecule has 0 aromatic carbocycles. The van der Waals surface area contributed by atoms with Gasteiger partial charge in [-0.2, -0.15) is 0 Å². The van der Waals surface area contributed by atoms with E-state index >= 15 is 0 Å². The van der Waals surface area contributed by atoms with Crippen LogP contribution in [-0.4, -0.2) is 245 Å². The van der Waals surface area contributed by atoms with Crippen LogP contribution in [0.1, 0.15) is 180 Å². The quantitative estimate of drug-likeness (QED) is 0.0308. The maximum absolute atomic E-state index is 10.8. The van der Waals surface area contributed by atoms with Gasteiger partial charge < -0.3 is 109 Å². The van der Waals surface area contributed by atoms with E-state index in [1.165, 1.54) is 140 Å². The Labute approximate surface area is 482 Å². The number of hydrogen-bond acceptors (Lipinski definition) is 24. The molecule has 0 aliphatic carbocycles. The summed E-state index contributed by atoms with van der Waals surface area (Å²) >= 11 is 0. The summed E-state index contributed by atoms with van der Waals surface area (Å²) in [5.74, 6) is 2.50. The molecule has 0 aromatic rings. The van der Waals surface area contributed by atoms with E-state index < -0.39 is 149 Å². The lowest BCUT2D eigenvalue weighted by atomic mass is 9.97. The smallest absolute Gasteiger partial charge is 0.187 e. The molecule has 0 radical (unpaired) electrons. The van der Waals surface area contributed by atoms with Crippen molar-refractivity contribution in [2.45, 2.75) is 303 Å². The van der Waals surface area contributed by atoms with E-state index in [9.17, 15) is 71.5 Å². The Kier molecular flexibility index (Phi) is 38.5. The molecule has 24 heteroatoms. The van der Waals surface area contributed by atoms with E-state index in [2.05, 4.69) is 0 Å². The fourth-order valence-corrected chi connectivity index (χ4v) is 13.0. The first kappa shape index (κ1) is 72.3. The average molecular weight is 1200 g/mol. The van der Waals surface area contributed by atoms with Crippen LogP contribution in [0.2, 0.25) is 0 Å². The van der Waals surface area contributed by atoms with Gasteiger partial charge in [-0.15, -0.1) is 0 Å². The molecule has 0 spiro atoms. The number of aliphatic hydroxyl groups excluding tert-OH is 14. The van der Waals surface area contributed by atoms with Gasteiger partial charge in [-0.05, 0) is 25.7 Å². The van der Waals surface area contributed by atoms with Crippen LogP contribution in [-0.2, 0) is 37.9 Å². The highest BCUT2D eigenvalue weighted by Gasteiger charge is 2.52. The summed E-state index contributed by atoms with van der Waals surface area (Å²) in [6.07, 6.45) is 4.71. The molecule has 14 N–H and O–H groups in total. The van der Waals surface area contributed by atoms with Crippen molar-refractivity contribution >= 4 is 21.6 Å². The number of hydrogen-bond donors (Lipinski definition) is 14. The summed E-state index contributed by atoms with van der Waals surface area (Å²) in [7, 11) is 4.08. The number of rotatable bonds is 45. The lowest BCUT2D eigenvalue weighted by molar-refractivity contribution is -0.359. The first-order valence-electron chi connectivity index (χ1n) is 30.4. The van der Waals surface area contributed by atoms with Crippen LogP contribution in [0.15, 0.2) is 0 Å². The van der Waals surface area contributed by atoms with Crippen LogP contribution >= 0.6 is 21.6 Å². The van der Waals surface area contributed by atoms with Gasteiger partial charge in [-0.3, -0.25) is 0 Å². The van der Waals surface area contributed by atoms with E-state index in [1.807, 2.05) is 21.6 Å². The minimum atomic E-state index is -1.71. The molecule has 20 atom stereocenters. The number of unbranched alkanes of at least 4 members (excludes halogenated alkanes) is 26.